The lowest BCUT2D eigenvalue weighted by molar-refractivity contribution is -0.123. The first-order valence-corrected chi connectivity index (χ1v) is 16.3. The molecule has 3 rings (SSSR count). The summed E-state index contributed by atoms with van der Waals surface area (Å²) in [6.07, 6.45) is 3.44. The molecule has 7 N–H and O–H groups in total. The summed E-state index contributed by atoms with van der Waals surface area (Å²) in [6, 6.07) is 12.4. The van der Waals surface area contributed by atoms with Crippen LogP contribution in [0.1, 0.15) is 45.7 Å². The van der Waals surface area contributed by atoms with Crippen LogP contribution < -0.4 is 26.2 Å². The molecule has 43 heavy (non-hydrogen) atoms. The Kier molecular flexibility index (Phi) is 11.1. The molecule has 1 heterocycles. The topological polar surface area (TPSA) is 221 Å². The minimum atomic E-state index is -3.80. The second-order valence-corrected chi connectivity index (χ2v) is 13.2. The highest BCUT2D eigenvalue weighted by molar-refractivity contribution is 7.89. The largest absolute Gasteiger partial charge is 0.354 e. The average Bonchev–Trinajstić information content (AvgIpc) is 2.95. The Morgan fingerprint density at radius 1 is 0.721 bits per heavy atom. The number of benzene rings is 2. The summed E-state index contributed by atoms with van der Waals surface area (Å²) < 4.78 is 45.6. The lowest BCUT2D eigenvalue weighted by Crippen LogP contribution is -2.50. The molecule has 1 atom stereocenters. The molecule has 15 heteroatoms. The smallest absolute Gasteiger partial charge is 0.253 e. The molecule has 3 amide bonds. The second-order valence-electron chi connectivity index (χ2n) is 10.0. The number of carbonyl (C=O) groups is 3. The van der Waals surface area contributed by atoms with Crippen molar-refractivity contribution in [3.05, 3.63) is 89.2 Å². The molecule has 0 aliphatic carbocycles. The molecule has 0 aliphatic heterocycles. The SMILES string of the molecule is CC(C)C(NC(=O)c1ccncc1C(=O)NCCc1ccc(S(N)(=O)=O)cc1)C(=O)NCCc1ccc(S(N)(=O)=O)cc1. The third-order valence-electron chi connectivity index (χ3n) is 6.46. The number of primary sulfonamides is 2. The summed E-state index contributed by atoms with van der Waals surface area (Å²) in [5, 5.41) is 18.4. The molecule has 230 valence electrons. The van der Waals surface area contributed by atoms with Crippen LogP contribution in [0.2, 0.25) is 0 Å². The van der Waals surface area contributed by atoms with Gasteiger partial charge in [0.05, 0.1) is 20.9 Å². The fraction of sp³-hybridized carbons (Fsp3) is 0.286. The number of rotatable bonds is 13. The van der Waals surface area contributed by atoms with Crippen LogP contribution in [0, 0.1) is 5.92 Å². The van der Waals surface area contributed by atoms with Crippen molar-refractivity contribution < 1.29 is 31.2 Å². The van der Waals surface area contributed by atoms with Gasteiger partial charge < -0.3 is 16.0 Å². The number of nitrogens with two attached hydrogens (primary N) is 2. The lowest BCUT2D eigenvalue weighted by atomic mass is 10.0. The Balaban J connectivity index is 1.58. The van der Waals surface area contributed by atoms with Crippen molar-refractivity contribution in [3.8, 4) is 0 Å². The highest BCUT2D eigenvalue weighted by Gasteiger charge is 2.26. The molecular formula is C28H34N6O7S2. The van der Waals surface area contributed by atoms with Gasteiger partial charge in [-0.3, -0.25) is 19.4 Å². The first-order valence-electron chi connectivity index (χ1n) is 13.2. The van der Waals surface area contributed by atoms with Crippen LogP contribution >= 0.6 is 0 Å². The number of aromatic nitrogens is 1. The van der Waals surface area contributed by atoms with Gasteiger partial charge in [-0.05, 0) is 60.2 Å². The molecule has 0 aliphatic rings. The molecule has 1 aromatic heterocycles. The molecule has 0 radical (unpaired) electrons. The predicted octanol–water partition coefficient (Wildman–Crippen LogP) is 0.462. The van der Waals surface area contributed by atoms with Crippen molar-refractivity contribution >= 4 is 37.8 Å². The maximum atomic E-state index is 13.2. The number of nitrogens with one attached hydrogen (secondary N) is 3. The number of carbonyl (C=O) groups excluding carboxylic acids is 3. The number of nitrogens with zero attached hydrogens (tertiary/aromatic N) is 1. The zero-order valence-electron chi connectivity index (χ0n) is 23.6. The Morgan fingerprint density at radius 3 is 1.67 bits per heavy atom. The summed E-state index contributed by atoms with van der Waals surface area (Å²) in [7, 11) is -7.60. The van der Waals surface area contributed by atoms with Crippen LogP contribution in [0.15, 0.2) is 76.8 Å². The highest BCUT2D eigenvalue weighted by Crippen LogP contribution is 2.12. The van der Waals surface area contributed by atoms with E-state index in [1.54, 1.807) is 38.1 Å². The monoisotopic (exact) mass is 630 g/mol. The molecule has 0 fully saturated rings. The van der Waals surface area contributed by atoms with E-state index in [4.69, 9.17) is 10.3 Å². The van der Waals surface area contributed by atoms with Crippen molar-refractivity contribution in [1.82, 2.24) is 20.9 Å². The van der Waals surface area contributed by atoms with Gasteiger partial charge in [-0.1, -0.05) is 38.1 Å². The van der Waals surface area contributed by atoms with E-state index in [0.29, 0.717) is 12.8 Å². The summed E-state index contributed by atoms with van der Waals surface area (Å²) in [5.41, 5.74) is 1.61. The number of pyridine rings is 1. The van der Waals surface area contributed by atoms with Crippen molar-refractivity contribution in [2.45, 2.75) is 42.5 Å². The first kappa shape index (κ1) is 33.3. The number of amides is 3. The number of sulfonamides is 2. The van der Waals surface area contributed by atoms with Crippen LogP contribution in [0.4, 0.5) is 0 Å². The molecule has 2 aromatic carbocycles. The van der Waals surface area contributed by atoms with E-state index in [2.05, 4.69) is 20.9 Å². The van der Waals surface area contributed by atoms with Crippen LogP contribution in [0.5, 0.6) is 0 Å². The summed E-state index contributed by atoms with van der Waals surface area (Å²) in [5.74, 6) is -1.87. The molecule has 0 saturated carbocycles. The van der Waals surface area contributed by atoms with Crippen molar-refractivity contribution in [1.29, 1.82) is 0 Å². The summed E-state index contributed by atoms with van der Waals surface area (Å²) >= 11 is 0. The Bertz CT molecular complexity index is 1680. The van der Waals surface area contributed by atoms with Crippen molar-refractivity contribution in [3.63, 3.8) is 0 Å². The van der Waals surface area contributed by atoms with Gasteiger partial charge in [0.25, 0.3) is 11.8 Å². The summed E-state index contributed by atoms with van der Waals surface area (Å²) in [6.45, 7) is 3.98. The quantitative estimate of drug-likeness (QED) is 0.178. The standard InChI is InChI=1S/C28H34N6O7S2/c1-18(2)25(28(37)33-16-12-20-5-9-22(10-6-20)43(30,40)41)34-27(36)23-13-14-31-17-24(23)26(35)32-15-11-19-3-7-21(8-4-19)42(29,38)39/h3-10,13-14,17-18,25H,11-12,15-16H2,1-2H3,(H,32,35)(H,33,37)(H,34,36)(H2,29,38,39)(H2,30,40,41). The van der Waals surface area contributed by atoms with Gasteiger partial charge in [-0.2, -0.15) is 0 Å². The maximum absolute atomic E-state index is 13.2. The molecule has 3 aromatic rings. The molecule has 0 bridgehead atoms. The van der Waals surface area contributed by atoms with E-state index in [0.717, 1.165) is 11.1 Å². The highest BCUT2D eigenvalue weighted by atomic mass is 32.2. The van der Waals surface area contributed by atoms with Gasteiger partial charge in [0, 0.05) is 25.5 Å². The van der Waals surface area contributed by atoms with Gasteiger partial charge >= 0.3 is 0 Å². The maximum Gasteiger partial charge on any atom is 0.253 e. The van der Waals surface area contributed by atoms with Crippen LogP contribution in [-0.2, 0) is 37.7 Å². The third-order valence-corrected chi connectivity index (χ3v) is 8.32. The number of hydrogen-bond donors (Lipinski definition) is 5. The lowest BCUT2D eigenvalue weighted by Gasteiger charge is -2.22. The van der Waals surface area contributed by atoms with E-state index < -0.39 is 43.8 Å². The third kappa shape index (κ3) is 9.68. The Hall–Kier alpha value is -4.18. The summed E-state index contributed by atoms with van der Waals surface area (Å²) in [4.78, 5) is 43.0. The van der Waals surface area contributed by atoms with E-state index in [9.17, 15) is 31.2 Å². The fourth-order valence-electron chi connectivity index (χ4n) is 4.07. The second kappa shape index (κ2) is 14.3. The molecule has 1 unspecified atom stereocenters. The Labute approximate surface area is 250 Å². The van der Waals surface area contributed by atoms with Gasteiger partial charge in [0.15, 0.2) is 0 Å². The van der Waals surface area contributed by atoms with Crippen molar-refractivity contribution in [2.75, 3.05) is 13.1 Å². The minimum absolute atomic E-state index is 0.0100. The Morgan fingerprint density at radius 2 is 1.21 bits per heavy atom. The predicted molar refractivity (Wildman–Crippen MR) is 159 cm³/mol. The van der Waals surface area contributed by atoms with Crippen LogP contribution in [-0.4, -0.2) is 58.7 Å². The van der Waals surface area contributed by atoms with Gasteiger partial charge in [-0.15, -0.1) is 0 Å². The van der Waals surface area contributed by atoms with E-state index in [1.165, 1.54) is 42.7 Å². The van der Waals surface area contributed by atoms with E-state index in [-0.39, 0.29) is 39.9 Å². The van der Waals surface area contributed by atoms with Crippen LogP contribution in [0.3, 0.4) is 0 Å². The zero-order valence-corrected chi connectivity index (χ0v) is 25.2. The first-order chi connectivity index (χ1) is 20.2. The van der Waals surface area contributed by atoms with E-state index >= 15 is 0 Å². The molecule has 13 nitrogen and oxygen atoms in total. The van der Waals surface area contributed by atoms with Gasteiger partial charge in [-0.25, -0.2) is 27.1 Å². The van der Waals surface area contributed by atoms with E-state index in [1.807, 2.05) is 0 Å². The molecule has 0 saturated heterocycles. The molecule has 0 spiro atoms. The normalized spacial score (nSPS) is 12.4. The van der Waals surface area contributed by atoms with Crippen molar-refractivity contribution in [2.24, 2.45) is 16.2 Å². The zero-order chi connectivity index (χ0) is 31.8. The van der Waals surface area contributed by atoms with Crippen LogP contribution in [0.25, 0.3) is 0 Å². The molecular weight excluding hydrogens is 596 g/mol. The minimum Gasteiger partial charge on any atom is -0.354 e. The fourth-order valence-corrected chi connectivity index (χ4v) is 5.11. The average molecular weight is 631 g/mol. The number of hydrogen-bond acceptors (Lipinski definition) is 8. The van der Waals surface area contributed by atoms with Gasteiger partial charge in [0.2, 0.25) is 26.0 Å². The van der Waals surface area contributed by atoms with Gasteiger partial charge in [0.1, 0.15) is 6.04 Å².